The molecule has 1 aliphatic carbocycles. The third kappa shape index (κ3) is 2.93. The first-order valence-electron chi connectivity index (χ1n) is 7.52. The average molecular weight is 409 g/mol. The predicted molar refractivity (Wildman–Crippen MR) is 98.2 cm³/mol. The number of nitrogens with two attached hydrogens (primary N) is 1. The quantitative estimate of drug-likeness (QED) is 0.809. The van der Waals surface area contributed by atoms with Crippen molar-refractivity contribution in [2.75, 3.05) is 12.4 Å². The van der Waals surface area contributed by atoms with Gasteiger partial charge in [-0.05, 0) is 49.4 Å². The molecular weight excluding hydrogens is 392 g/mol. The first-order valence-corrected chi connectivity index (χ1v) is 9.13. The summed E-state index contributed by atoms with van der Waals surface area (Å²) >= 11 is 4.83. The fourth-order valence-electron chi connectivity index (χ4n) is 3.09. The van der Waals surface area contributed by atoms with Crippen molar-refractivity contribution in [2.45, 2.75) is 26.2 Å². The molecule has 0 fully saturated rings. The van der Waals surface area contributed by atoms with Gasteiger partial charge >= 0.3 is 0 Å². The van der Waals surface area contributed by atoms with Gasteiger partial charge in [0.05, 0.1) is 18.2 Å². The molecule has 1 aromatic heterocycles. The van der Waals surface area contributed by atoms with Crippen LogP contribution < -0.4 is 15.8 Å². The van der Waals surface area contributed by atoms with Gasteiger partial charge < -0.3 is 15.8 Å². The van der Waals surface area contributed by atoms with Crippen molar-refractivity contribution in [1.29, 1.82) is 0 Å². The Balaban J connectivity index is 1.99. The van der Waals surface area contributed by atoms with E-state index in [-0.39, 0.29) is 5.91 Å². The van der Waals surface area contributed by atoms with Crippen LogP contribution in [0.4, 0.5) is 5.00 Å². The summed E-state index contributed by atoms with van der Waals surface area (Å²) in [6.07, 6.45) is 2.78. The Morgan fingerprint density at radius 3 is 2.75 bits per heavy atom. The number of thiophene rings is 1. The smallest absolute Gasteiger partial charge is 0.260 e. The molecule has 3 rings (SSSR count). The predicted octanol–water partition coefficient (Wildman–Crippen LogP) is 3.67. The number of anilines is 1. The van der Waals surface area contributed by atoms with E-state index in [0.29, 0.717) is 21.9 Å². The Morgan fingerprint density at radius 2 is 2.08 bits per heavy atom. The monoisotopic (exact) mass is 408 g/mol. The number of carbonyl (C=O) groups excluding carboxylic acids is 2. The number of ether oxygens (including phenoxy) is 1. The number of carbonyl (C=O) groups is 2. The molecule has 0 radical (unpaired) electrons. The second-order valence-electron chi connectivity index (χ2n) is 5.68. The van der Waals surface area contributed by atoms with Gasteiger partial charge in [0.15, 0.2) is 0 Å². The zero-order valence-electron chi connectivity index (χ0n) is 13.4. The summed E-state index contributed by atoms with van der Waals surface area (Å²) in [7, 11) is 1.53. The fourth-order valence-corrected chi connectivity index (χ4v) is 4.95. The Hall–Kier alpha value is -1.86. The molecule has 0 saturated carbocycles. The average Bonchev–Trinajstić information content (AvgIpc) is 3.06. The minimum atomic E-state index is -0.498. The normalized spacial score (nSPS) is 12.8. The lowest BCUT2D eigenvalue weighted by molar-refractivity contribution is 0.100. The minimum Gasteiger partial charge on any atom is -0.496 e. The molecule has 0 unspecified atom stereocenters. The maximum atomic E-state index is 12.7. The highest BCUT2D eigenvalue weighted by atomic mass is 79.9. The van der Waals surface area contributed by atoms with Gasteiger partial charge in [0, 0.05) is 9.35 Å². The fraction of sp³-hybridized carbons (Fsp3) is 0.294. The maximum Gasteiger partial charge on any atom is 0.260 e. The molecule has 0 atom stereocenters. The van der Waals surface area contributed by atoms with Crippen LogP contribution in [0, 0.1) is 6.92 Å². The molecule has 0 saturated heterocycles. The number of primary amides is 1. The summed E-state index contributed by atoms with van der Waals surface area (Å²) < 4.78 is 6.15. The summed E-state index contributed by atoms with van der Waals surface area (Å²) in [5.74, 6) is -0.304. The van der Waals surface area contributed by atoms with Crippen molar-refractivity contribution >= 4 is 44.1 Å². The van der Waals surface area contributed by atoms with Crippen LogP contribution in [-0.4, -0.2) is 18.9 Å². The zero-order valence-corrected chi connectivity index (χ0v) is 15.8. The molecule has 0 spiro atoms. The van der Waals surface area contributed by atoms with E-state index < -0.39 is 5.91 Å². The number of aryl methyl sites for hydroxylation is 2. The van der Waals surface area contributed by atoms with Crippen molar-refractivity contribution < 1.29 is 14.3 Å². The highest BCUT2D eigenvalue weighted by Crippen LogP contribution is 2.39. The molecule has 0 bridgehead atoms. The van der Waals surface area contributed by atoms with Gasteiger partial charge in [0.25, 0.3) is 11.8 Å². The van der Waals surface area contributed by atoms with Crippen LogP contribution in [-0.2, 0) is 12.8 Å². The number of hydrogen-bond acceptors (Lipinski definition) is 4. The number of fused-ring (bicyclic) bond motifs is 1. The van der Waals surface area contributed by atoms with Crippen molar-refractivity contribution in [3.63, 3.8) is 0 Å². The molecule has 126 valence electrons. The number of hydrogen-bond donors (Lipinski definition) is 2. The summed E-state index contributed by atoms with van der Waals surface area (Å²) in [5, 5.41) is 3.37. The highest BCUT2D eigenvalue weighted by molar-refractivity contribution is 9.10. The molecule has 5 nitrogen and oxygen atoms in total. The topological polar surface area (TPSA) is 81.4 Å². The van der Waals surface area contributed by atoms with E-state index in [2.05, 4.69) is 21.2 Å². The Morgan fingerprint density at radius 1 is 1.33 bits per heavy atom. The lowest BCUT2D eigenvalue weighted by Crippen LogP contribution is -2.18. The van der Waals surface area contributed by atoms with E-state index in [1.54, 1.807) is 6.07 Å². The van der Waals surface area contributed by atoms with Gasteiger partial charge in [-0.25, -0.2) is 0 Å². The third-order valence-corrected chi connectivity index (χ3v) is 5.75. The summed E-state index contributed by atoms with van der Waals surface area (Å²) in [6.45, 7) is 1.87. The van der Waals surface area contributed by atoms with Crippen LogP contribution in [0.25, 0.3) is 0 Å². The molecule has 24 heavy (non-hydrogen) atoms. The lowest BCUT2D eigenvalue weighted by Gasteiger charge is -2.12. The number of amides is 2. The molecule has 1 heterocycles. The second-order valence-corrected chi connectivity index (χ2v) is 7.70. The van der Waals surface area contributed by atoms with Gasteiger partial charge in [0.1, 0.15) is 10.8 Å². The standard InChI is InChI=1S/C17H17BrN2O3S/c1-8-6-9(18)7-11(14(8)23-2)16(22)20-17-13(15(19)21)10-4-3-5-12(10)24-17/h6-7H,3-5H2,1-2H3,(H2,19,21)(H,20,22). The maximum absolute atomic E-state index is 12.7. The van der Waals surface area contributed by atoms with Crippen molar-refractivity contribution in [2.24, 2.45) is 5.73 Å². The number of halogens is 1. The molecule has 1 aromatic carbocycles. The Bertz CT molecular complexity index is 845. The summed E-state index contributed by atoms with van der Waals surface area (Å²) in [6, 6.07) is 3.58. The molecular formula is C17H17BrN2O3S. The SMILES string of the molecule is COc1c(C)cc(Br)cc1C(=O)Nc1sc2c(c1C(N)=O)CCC2. The van der Waals surface area contributed by atoms with Gasteiger partial charge in [0.2, 0.25) is 0 Å². The van der Waals surface area contributed by atoms with Crippen LogP contribution >= 0.6 is 27.3 Å². The van der Waals surface area contributed by atoms with Gasteiger partial charge in [-0.2, -0.15) is 0 Å². The van der Waals surface area contributed by atoms with Crippen LogP contribution in [0.2, 0.25) is 0 Å². The van der Waals surface area contributed by atoms with E-state index in [4.69, 9.17) is 10.5 Å². The Labute approximate surface area is 152 Å². The van der Waals surface area contributed by atoms with E-state index in [1.165, 1.54) is 18.4 Å². The van der Waals surface area contributed by atoms with Crippen LogP contribution in [0.15, 0.2) is 16.6 Å². The molecule has 3 N–H and O–H groups in total. The number of rotatable bonds is 4. The first kappa shape index (κ1) is 17.0. The molecule has 7 heteroatoms. The van der Waals surface area contributed by atoms with E-state index in [9.17, 15) is 9.59 Å². The number of methoxy groups -OCH3 is 1. The van der Waals surface area contributed by atoms with E-state index in [0.717, 1.165) is 39.7 Å². The third-order valence-electron chi connectivity index (χ3n) is 4.08. The van der Waals surface area contributed by atoms with Crippen molar-refractivity contribution in [3.8, 4) is 5.75 Å². The van der Waals surface area contributed by atoms with E-state index >= 15 is 0 Å². The van der Waals surface area contributed by atoms with Crippen molar-refractivity contribution in [1.82, 2.24) is 0 Å². The molecule has 2 amide bonds. The minimum absolute atomic E-state index is 0.321. The molecule has 1 aliphatic rings. The van der Waals surface area contributed by atoms with Gasteiger partial charge in [-0.3, -0.25) is 9.59 Å². The lowest BCUT2D eigenvalue weighted by atomic mass is 10.1. The van der Waals surface area contributed by atoms with Crippen molar-refractivity contribution in [3.05, 3.63) is 43.7 Å². The van der Waals surface area contributed by atoms with Crippen LogP contribution in [0.5, 0.6) is 5.75 Å². The first-order chi connectivity index (χ1) is 11.4. The number of benzene rings is 1. The molecule has 2 aromatic rings. The summed E-state index contributed by atoms with van der Waals surface area (Å²) in [4.78, 5) is 25.7. The highest BCUT2D eigenvalue weighted by Gasteiger charge is 2.27. The van der Waals surface area contributed by atoms with Gasteiger partial charge in [-0.15, -0.1) is 11.3 Å². The number of nitrogens with one attached hydrogen (secondary N) is 1. The Kier molecular flexibility index (Phi) is 4.64. The van der Waals surface area contributed by atoms with Crippen LogP contribution in [0.3, 0.4) is 0 Å². The van der Waals surface area contributed by atoms with Gasteiger partial charge in [-0.1, -0.05) is 15.9 Å². The largest absolute Gasteiger partial charge is 0.496 e. The van der Waals surface area contributed by atoms with Crippen LogP contribution in [0.1, 0.15) is 43.1 Å². The molecule has 0 aliphatic heterocycles. The second kappa shape index (κ2) is 6.57. The zero-order chi connectivity index (χ0) is 17.4. The van der Waals surface area contributed by atoms with E-state index in [1.807, 2.05) is 13.0 Å². The summed E-state index contributed by atoms with van der Waals surface area (Å²) in [5.41, 5.74) is 8.23.